The van der Waals surface area contributed by atoms with Crippen molar-refractivity contribution in [2.45, 2.75) is 6.42 Å². The van der Waals surface area contributed by atoms with Crippen molar-refractivity contribution in [1.29, 1.82) is 0 Å². The summed E-state index contributed by atoms with van der Waals surface area (Å²) in [6.45, 7) is 0.431. The van der Waals surface area contributed by atoms with Gasteiger partial charge in [0.05, 0.1) is 25.2 Å². The first-order chi connectivity index (χ1) is 13.0. The second-order valence-electron chi connectivity index (χ2n) is 6.86. The van der Waals surface area contributed by atoms with Gasteiger partial charge in [0.25, 0.3) is 0 Å². The van der Waals surface area contributed by atoms with Crippen LogP contribution in [0, 0.1) is 5.92 Å². The maximum absolute atomic E-state index is 11.6. The molecule has 0 bridgehead atoms. The second kappa shape index (κ2) is 7.19. The first-order valence-electron chi connectivity index (χ1n) is 8.90. The Hall–Kier alpha value is -2.60. The van der Waals surface area contributed by atoms with Crippen LogP contribution < -0.4 is 9.47 Å². The van der Waals surface area contributed by atoms with Crippen LogP contribution in [0.3, 0.4) is 0 Å². The molecule has 3 aromatic rings. The van der Waals surface area contributed by atoms with Crippen LogP contribution in [0.2, 0.25) is 0 Å². The Morgan fingerprint density at radius 2 is 1.96 bits per heavy atom. The van der Waals surface area contributed by atoms with Crippen molar-refractivity contribution in [2.75, 3.05) is 25.2 Å². The molecule has 0 amide bonds. The smallest absolute Gasteiger partial charge is 0.221 e. The summed E-state index contributed by atoms with van der Waals surface area (Å²) >= 11 is 0. The van der Waals surface area contributed by atoms with E-state index in [4.69, 9.17) is 9.47 Å². The SMILES string of the molecule is COc1ncccc1-c1ccc2ccc(OCC3CCS(=O)(=O)C3)cc2c1. The summed E-state index contributed by atoms with van der Waals surface area (Å²) in [4.78, 5) is 4.26. The molecule has 1 unspecified atom stereocenters. The molecule has 6 heteroatoms. The first-order valence-corrected chi connectivity index (χ1v) is 10.7. The molecule has 4 rings (SSSR count). The minimum Gasteiger partial charge on any atom is -0.493 e. The molecular formula is C21H21NO4S. The lowest BCUT2D eigenvalue weighted by atomic mass is 10.0. The lowest BCUT2D eigenvalue weighted by Gasteiger charge is -2.12. The van der Waals surface area contributed by atoms with Gasteiger partial charge in [0, 0.05) is 17.7 Å². The Morgan fingerprint density at radius 1 is 1.11 bits per heavy atom. The normalized spacial score (nSPS) is 18.5. The van der Waals surface area contributed by atoms with Crippen LogP contribution in [-0.2, 0) is 9.84 Å². The zero-order chi connectivity index (χ0) is 18.9. The summed E-state index contributed by atoms with van der Waals surface area (Å²) in [7, 11) is -1.26. The molecule has 5 nitrogen and oxygen atoms in total. The van der Waals surface area contributed by atoms with E-state index in [2.05, 4.69) is 17.1 Å². The number of rotatable bonds is 5. The Morgan fingerprint density at radius 3 is 2.74 bits per heavy atom. The number of ether oxygens (including phenoxy) is 2. The Balaban J connectivity index is 1.58. The van der Waals surface area contributed by atoms with Crippen LogP contribution in [0.25, 0.3) is 21.9 Å². The van der Waals surface area contributed by atoms with E-state index in [-0.39, 0.29) is 17.4 Å². The predicted molar refractivity (Wildman–Crippen MR) is 106 cm³/mol. The summed E-state index contributed by atoms with van der Waals surface area (Å²) in [6.07, 6.45) is 2.39. The number of aromatic nitrogens is 1. The summed E-state index contributed by atoms with van der Waals surface area (Å²) in [6, 6.07) is 16.0. The van der Waals surface area contributed by atoms with Crippen LogP contribution in [-0.4, -0.2) is 38.6 Å². The molecule has 1 atom stereocenters. The van der Waals surface area contributed by atoms with E-state index in [0.29, 0.717) is 18.9 Å². The van der Waals surface area contributed by atoms with Crippen molar-refractivity contribution in [2.24, 2.45) is 5.92 Å². The van der Waals surface area contributed by atoms with Gasteiger partial charge in [-0.05, 0) is 53.1 Å². The lowest BCUT2D eigenvalue weighted by Crippen LogP contribution is -2.13. The lowest BCUT2D eigenvalue weighted by molar-refractivity contribution is 0.263. The molecule has 0 aliphatic carbocycles. The van der Waals surface area contributed by atoms with Crippen molar-refractivity contribution in [3.8, 4) is 22.8 Å². The second-order valence-corrected chi connectivity index (χ2v) is 9.09. The monoisotopic (exact) mass is 383 g/mol. The van der Waals surface area contributed by atoms with Gasteiger partial charge in [-0.1, -0.05) is 18.2 Å². The Labute approximate surface area is 158 Å². The predicted octanol–water partition coefficient (Wildman–Crippen LogP) is 3.72. The van der Waals surface area contributed by atoms with Crippen LogP contribution in [0.4, 0.5) is 0 Å². The van der Waals surface area contributed by atoms with Gasteiger partial charge >= 0.3 is 0 Å². The van der Waals surface area contributed by atoms with E-state index in [1.54, 1.807) is 13.3 Å². The molecule has 0 saturated carbocycles. The molecule has 0 spiro atoms. The van der Waals surface area contributed by atoms with Gasteiger partial charge in [0.15, 0.2) is 9.84 Å². The van der Waals surface area contributed by atoms with E-state index in [1.807, 2.05) is 36.4 Å². The Bertz CT molecular complexity index is 1080. The maximum atomic E-state index is 11.6. The van der Waals surface area contributed by atoms with Crippen LogP contribution >= 0.6 is 0 Å². The number of benzene rings is 2. The number of hydrogen-bond acceptors (Lipinski definition) is 5. The zero-order valence-corrected chi connectivity index (χ0v) is 15.9. The number of hydrogen-bond donors (Lipinski definition) is 0. The van der Waals surface area contributed by atoms with E-state index in [1.165, 1.54) is 0 Å². The zero-order valence-electron chi connectivity index (χ0n) is 15.1. The molecule has 2 heterocycles. The summed E-state index contributed by atoms with van der Waals surface area (Å²) < 4.78 is 34.4. The van der Waals surface area contributed by atoms with Gasteiger partial charge in [-0.15, -0.1) is 0 Å². The van der Waals surface area contributed by atoms with Gasteiger partial charge in [0.2, 0.25) is 5.88 Å². The third kappa shape index (κ3) is 3.90. The van der Waals surface area contributed by atoms with Crippen molar-refractivity contribution in [1.82, 2.24) is 4.98 Å². The minimum atomic E-state index is -2.88. The molecule has 27 heavy (non-hydrogen) atoms. The van der Waals surface area contributed by atoms with E-state index < -0.39 is 9.84 Å². The van der Waals surface area contributed by atoms with Gasteiger partial charge < -0.3 is 9.47 Å². The average molecular weight is 383 g/mol. The third-order valence-electron chi connectivity index (χ3n) is 4.90. The van der Waals surface area contributed by atoms with Gasteiger partial charge in [-0.3, -0.25) is 0 Å². The fraction of sp³-hybridized carbons (Fsp3) is 0.286. The summed E-state index contributed by atoms with van der Waals surface area (Å²) in [5.74, 6) is 1.92. The highest BCUT2D eigenvalue weighted by Gasteiger charge is 2.28. The molecule has 2 aromatic carbocycles. The summed E-state index contributed by atoms with van der Waals surface area (Å²) in [5, 5.41) is 2.16. The molecule has 0 radical (unpaired) electrons. The van der Waals surface area contributed by atoms with E-state index in [0.717, 1.165) is 27.6 Å². The fourth-order valence-electron chi connectivity index (χ4n) is 3.47. The van der Waals surface area contributed by atoms with Crippen LogP contribution in [0.5, 0.6) is 11.6 Å². The highest BCUT2D eigenvalue weighted by Crippen LogP contribution is 2.31. The van der Waals surface area contributed by atoms with Gasteiger partial charge in [-0.25, -0.2) is 13.4 Å². The Kier molecular flexibility index (Phi) is 4.74. The van der Waals surface area contributed by atoms with Gasteiger partial charge in [0.1, 0.15) is 5.75 Å². The van der Waals surface area contributed by atoms with Crippen molar-refractivity contribution in [3.63, 3.8) is 0 Å². The largest absolute Gasteiger partial charge is 0.493 e. The maximum Gasteiger partial charge on any atom is 0.221 e. The number of fused-ring (bicyclic) bond motifs is 1. The summed E-state index contributed by atoms with van der Waals surface area (Å²) in [5.41, 5.74) is 1.95. The van der Waals surface area contributed by atoms with E-state index in [9.17, 15) is 8.42 Å². The highest BCUT2D eigenvalue weighted by molar-refractivity contribution is 7.91. The molecule has 1 aliphatic heterocycles. The number of sulfone groups is 1. The van der Waals surface area contributed by atoms with Gasteiger partial charge in [-0.2, -0.15) is 0 Å². The van der Waals surface area contributed by atoms with Crippen LogP contribution in [0.15, 0.2) is 54.7 Å². The topological polar surface area (TPSA) is 65.5 Å². The third-order valence-corrected chi connectivity index (χ3v) is 6.74. The fourth-order valence-corrected chi connectivity index (χ4v) is 5.31. The highest BCUT2D eigenvalue weighted by atomic mass is 32.2. The quantitative estimate of drug-likeness (QED) is 0.672. The molecule has 0 N–H and O–H groups in total. The molecule has 1 saturated heterocycles. The molecular weight excluding hydrogens is 362 g/mol. The van der Waals surface area contributed by atoms with Crippen molar-refractivity contribution < 1.29 is 17.9 Å². The number of pyridine rings is 1. The molecule has 1 aromatic heterocycles. The molecule has 140 valence electrons. The minimum absolute atomic E-state index is 0.0803. The molecule has 1 aliphatic rings. The standard InChI is InChI=1S/C21H21NO4S/c1-25-21-20(3-2-9-22-21)17-5-4-16-6-7-19(12-18(16)11-17)26-13-15-8-10-27(23,24)14-15/h2-7,9,11-12,15H,8,10,13-14H2,1H3. The van der Waals surface area contributed by atoms with Crippen molar-refractivity contribution >= 4 is 20.6 Å². The van der Waals surface area contributed by atoms with Crippen LogP contribution in [0.1, 0.15) is 6.42 Å². The number of nitrogens with zero attached hydrogens (tertiary/aromatic N) is 1. The first kappa shape index (κ1) is 17.8. The molecule has 1 fully saturated rings. The van der Waals surface area contributed by atoms with Crippen molar-refractivity contribution in [3.05, 3.63) is 54.7 Å². The van der Waals surface area contributed by atoms with E-state index >= 15 is 0 Å². The average Bonchev–Trinajstić information content (AvgIpc) is 3.04. The number of methoxy groups -OCH3 is 1.